The van der Waals surface area contributed by atoms with Gasteiger partial charge in [-0.2, -0.15) is 13.2 Å². The van der Waals surface area contributed by atoms with Gasteiger partial charge in [0.25, 0.3) is 0 Å². The van der Waals surface area contributed by atoms with E-state index >= 15 is 0 Å². The average Bonchev–Trinajstić information content (AvgIpc) is 2.97. The van der Waals surface area contributed by atoms with Gasteiger partial charge in [-0.25, -0.2) is 14.8 Å². The molecule has 5 nitrogen and oxygen atoms in total. The van der Waals surface area contributed by atoms with Crippen LogP contribution in [0.15, 0.2) is 45.2 Å². The number of ether oxygens (including phenoxy) is 1. The summed E-state index contributed by atoms with van der Waals surface area (Å²) in [6.45, 7) is 1.95. The number of esters is 1. The Morgan fingerprint density at radius 3 is 2.60 bits per heavy atom. The number of benzene rings is 1. The first kappa shape index (κ1) is 17.5. The summed E-state index contributed by atoms with van der Waals surface area (Å²) in [5.41, 5.74) is 5.56. The fraction of sp³-hybridized carbons (Fsp3) is 0.312. The number of hydrogen-bond acceptors (Lipinski definition) is 6. The summed E-state index contributed by atoms with van der Waals surface area (Å²) in [6, 6.07) is 4.21. The highest BCUT2D eigenvalue weighted by molar-refractivity contribution is 8.18. The maximum Gasteiger partial charge on any atom is 0.416 e. The zero-order valence-corrected chi connectivity index (χ0v) is 13.9. The number of halogens is 3. The number of alkyl halides is 3. The molecule has 1 aromatic rings. The van der Waals surface area contributed by atoms with Gasteiger partial charge >= 0.3 is 12.1 Å². The molecule has 2 heterocycles. The van der Waals surface area contributed by atoms with Crippen molar-refractivity contribution in [1.29, 1.82) is 0 Å². The number of fused-ring (bicyclic) bond motifs is 1. The zero-order valence-electron chi connectivity index (χ0n) is 13.1. The van der Waals surface area contributed by atoms with Crippen molar-refractivity contribution in [2.75, 3.05) is 6.61 Å². The summed E-state index contributed by atoms with van der Waals surface area (Å²) in [6.07, 6.45) is -2.72. The molecule has 2 N–H and O–H groups in total. The van der Waals surface area contributed by atoms with E-state index in [1.54, 1.807) is 13.0 Å². The second-order valence-electron chi connectivity index (χ2n) is 5.38. The van der Waals surface area contributed by atoms with E-state index in [0.29, 0.717) is 15.5 Å². The first-order valence-corrected chi connectivity index (χ1v) is 8.27. The molecule has 0 aromatic heterocycles. The molecule has 2 aliphatic rings. The van der Waals surface area contributed by atoms with Crippen molar-refractivity contribution in [3.8, 4) is 0 Å². The highest BCUT2D eigenvalue weighted by Gasteiger charge is 2.38. The van der Waals surface area contributed by atoms with Crippen molar-refractivity contribution in [2.45, 2.75) is 19.1 Å². The fourth-order valence-electron chi connectivity index (χ4n) is 2.60. The van der Waals surface area contributed by atoms with Gasteiger partial charge in [0.05, 0.1) is 34.1 Å². The number of rotatable bonds is 3. The van der Waals surface area contributed by atoms with E-state index < -0.39 is 23.8 Å². The number of carbonyl (C=O) groups is 1. The molecule has 3 rings (SSSR count). The predicted octanol–water partition coefficient (Wildman–Crippen LogP) is 3.28. The molecule has 25 heavy (non-hydrogen) atoms. The Morgan fingerprint density at radius 1 is 1.32 bits per heavy atom. The van der Waals surface area contributed by atoms with Gasteiger partial charge < -0.3 is 10.5 Å². The van der Waals surface area contributed by atoms with Crippen LogP contribution in [0.5, 0.6) is 0 Å². The molecule has 2 aliphatic heterocycles. The van der Waals surface area contributed by atoms with Gasteiger partial charge in [-0.05, 0) is 24.6 Å². The Labute approximate surface area is 145 Å². The number of aliphatic imine (C=N–C) groups is 2. The van der Waals surface area contributed by atoms with E-state index in [0.717, 1.165) is 23.9 Å². The Balaban J connectivity index is 1.90. The van der Waals surface area contributed by atoms with Crippen molar-refractivity contribution < 1.29 is 22.7 Å². The van der Waals surface area contributed by atoms with Gasteiger partial charge in [0.15, 0.2) is 0 Å². The lowest BCUT2D eigenvalue weighted by Gasteiger charge is -2.23. The third-order valence-corrected chi connectivity index (χ3v) is 4.82. The van der Waals surface area contributed by atoms with Crippen molar-refractivity contribution in [1.82, 2.24) is 0 Å². The lowest BCUT2D eigenvalue weighted by Crippen LogP contribution is -2.25. The van der Waals surface area contributed by atoms with Crippen LogP contribution in [-0.2, 0) is 15.7 Å². The van der Waals surface area contributed by atoms with Gasteiger partial charge in [-0.3, -0.25) is 0 Å². The van der Waals surface area contributed by atoms with Crippen LogP contribution in [0.2, 0.25) is 0 Å². The minimum absolute atomic E-state index is 0.0298. The largest absolute Gasteiger partial charge is 0.462 e. The van der Waals surface area contributed by atoms with E-state index in [9.17, 15) is 18.0 Å². The summed E-state index contributed by atoms with van der Waals surface area (Å²) in [5.74, 6) is -0.787. The number of hydrogen-bond donors (Lipinski definition) is 1. The molecule has 9 heteroatoms. The highest BCUT2D eigenvalue weighted by Crippen LogP contribution is 2.43. The number of carbonyl (C=O) groups excluding carboxylic acids is 1. The van der Waals surface area contributed by atoms with Crippen LogP contribution in [-0.4, -0.2) is 23.6 Å². The Morgan fingerprint density at radius 2 is 2.00 bits per heavy atom. The molecule has 0 spiro atoms. The van der Waals surface area contributed by atoms with Gasteiger partial charge in [-0.1, -0.05) is 30.0 Å². The average molecular weight is 369 g/mol. The van der Waals surface area contributed by atoms with Crippen LogP contribution >= 0.6 is 11.8 Å². The van der Waals surface area contributed by atoms with E-state index in [1.165, 1.54) is 12.1 Å². The van der Waals surface area contributed by atoms with Gasteiger partial charge in [0.2, 0.25) is 5.96 Å². The molecule has 0 amide bonds. The minimum Gasteiger partial charge on any atom is -0.462 e. The van der Waals surface area contributed by atoms with Crippen molar-refractivity contribution in [3.05, 3.63) is 46.4 Å². The van der Waals surface area contributed by atoms with Crippen LogP contribution < -0.4 is 5.73 Å². The molecule has 2 atom stereocenters. The third-order valence-electron chi connectivity index (χ3n) is 3.72. The zero-order chi connectivity index (χ0) is 18.2. The Kier molecular flexibility index (Phi) is 4.59. The summed E-state index contributed by atoms with van der Waals surface area (Å²) in [7, 11) is 0. The summed E-state index contributed by atoms with van der Waals surface area (Å²) in [5, 5.41) is 0.584. The summed E-state index contributed by atoms with van der Waals surface area (Å²) < 4.78 is 43.1. The van der Waals surface area contributed by atoms with Crippen molar-refractivity contribution in [2.24, 2.45) is 21.6 Å². The first-order chi connectivity index (χ1) is 11.8. The standard InChI is InChI=1S/C16H14F3N3O2S/c1-2-24-14(23)11-7-10-12(21-15(20)22-13(10)25-11)8-3-5-9(6-4-8)16(17,18)19/h3-7,10,12H,2H2,1H3,(H2,20,21). The van der Waals surface area contributed by atoms with Gasteiger partial charge in [0, 0.05) is 0 Å². The highest BCUT2D eigenvalue weighted by atomic mass is 32.2. The third kappa shape index (κ3) is 3.55. The molecule has 0 saturated heterocycles. The van der Waals surface area contributed by atoms with Crippen LogP contribution in [0, 0.1) is 5.92 Å². The smallest absolute Gasteiger partial charge is 0.416 e. The number of thioether (sulfide) groups is 1. The predicted molar refractivity (Wildman–Crippen MR) is 89.0 cm³/mol. The number of nitrogens with zero attached hydrogens (tertiary/aromatic N) is 2. The van der Waals surface area contributed by atoms with Gasteiger partial charge in [-0.15, -0.1) is 0 Å². The van der Waals surface area contributed by atoms with E-state index in [1.807, 2.05) is 0 Å². The topological polar surface area (TPSA) is 77.0 Å². The lowest BCUT2D eigenvalue weighted by atomic mass is 9.92. The molecule has 0 saturated carbocycles. The molecule has 0 radical (unpaired) electrons. The molecular weight excluding hydrogens is 355 g/mol. The number of guanidine groups is 1. The van der Waals surface area contributed by atoms with Crippen molar-refractivity contribution in [3.63, 3.8) is 0 Å². The maximum atomic E-state index is 12.7. The van der Waals surface area contributed by atoms with Crippen LogP contribution in [0.1, 0.15) is 24.1 Å². The lowest BCUT2D eigenvalue weighted by molar-refractivity contribution is -0.138. The fourth-order valence-corrected chi connectivity index (χ4v) is 3.65. The van der Waals surface area contributed by atoms with E-state index in [4.69, 9.17) is 10.5 Å². The van der Waals surface area contributed by atoms with Gasteiger partial charge in [0.1, 0.15) is 0 Å². The quantitative estimate of drug-likeness (QED) is 0.830. The second-order valence-corrected chi connectivity index (χ2v) is 6.44. The summed E-state index contributed by atoms with van der Waals surface area (Å²) >= 11 is 1.15. The molecule has 132 valence electrons. The van der Waals surface area contributed by atoms with Crippen LogP contribution in [0.4, 0.5) is 13.2 Å². The minimum atomic E-state index is -4.40. The first-order valence-electron chi connectivity index (χ1n) is 7.45. The maximum absolute atomic E-state index is 12.7. The molecule has 0 bridgehead atoms. The monoisotopic (exact) mass is 369 g/mol. The van der Waals surface area contributed by atoms with Crippen molar-refractivity contribution >= 4 is 28.7 Å². The molecule has 2 unspecified atom stereocenters. The second kappa shape index (κ2) is 6.55. The van der Waals surface area contributed by atoms with Crippen LogP contribution in [0.25, 0.3) is 0 Å². The number of nitrogens with two attached hydrogens (primary N) is 1. The summed E-state index contributed by atoms with van der Waals surface area (Å²) in [4.78, 5) is 20.7. The molecule has 0 aliphatic carbocycles. The normalized spacial score (nSPS) is 22.6. The Hall–Kier alpha value is -2.29. The van der Waals surface area contributed by atoms with Crippen LogP contribution in [0.3, 0.4) is 0 Å². The molecule has 0 fully saturated rings. The van der Waals surface area contributed by atoms with E-state index in [-0.39, 0.29) is 18.5 Å². The SMILES string of the molecule is CCOC(=O)C1=CC2C(=NC(N)=NC2c2ccc(C(F)(F)F)cc2)S1. The molecule has 1 aromatic carbocycles. The Bertz CT molecular complexity index is 785. The van der Waals surface area contributed by atoms with E-state index in [2.05, 4.69) is 9.98 Å². The molecular formula is C16H14F3N3O2S.